The minimum atomic E-state index is 0.566. The van der Waals surface area contributed by atoms with Gasteiger partial charge in [0.1, 0.15) is 0 Å². The molecule has 0 heterocycles. The molecule has 0 aliphatic heterocycles. The molecular formula is C13H18BrN. The standard InChI is InChI=1S/C13H18BrN/c1-2-15-10-13(6-7-13)9-11-4-3-5-12(14)8-11/h3-5,8,15H,2,6-7,9-10H2,1H3. The van der Waals surface area contributed by atoms with E-state index >= 15 is 0 Å². The maximum absolute atomic E-state index is 3.53. The maximum atomic E-state index is 3.53. The highest BCUT2D eigenvalue weighted by atomic mass is 79.9. The van der Waals surface area contributed by atoms with Crippen LogP contribution in [0.15, 0.2) is 28.7 Å². The Morgan fingerprint density at radius 1 is 1.40 bits per heavy atom. The molecule has 2 heteroatoms. The molecule has 1 N–H and O–H groups in total. The summed E-state index contributed by atoms with van der Waals surface area (Å²) >= 11 is 3.53. The average Bonchev–Trinajstić information content (AvgIpc) is 2.96. The fraction of sp³-hybridized carbons (Fsp3) is 0.538. The van der Waals surface area contributed by atoms with Crippen molar-refractivity contribution in [2.45, 2.75) is 26.2 Å². The second-order valence-electron chi connectivity index (χ2n) is 4.59. The maximum Gasteiger partial charge on any atom is 0.0177 e. The molecule has 0 bridgehead atoms. The van der Waals surface area contributed by atoms with Gasteiger partial charge in [0, 0.05) is 11.0 Å². The van der Waals surface area contributed by atoms with Gasteiger partial charge >= 0.3 is 0 Å². The van der Waals surface area contributed by atoms with E-state index in [0.717, 1.165) is 6.54 Å². The van der Waals surface area contributed by atoms with Crippen molar-refractivity contribution in [1.82, 2.24) is 5.32 Å². The Morgan fingerprint density at radius 2 is 2.20 bits per heavy atom. The molecule has 0 radical (unpaired) electrons. The van der Waals surface area contributed by atoms with Crippen LogP contribution in [0.2, 0.25) is 0 Å². The van der Waals surface area contributed by atoms with Crippen LogP contribution in [0.25, 0.3) is 0 Å². The second kappa shape index (κ2) is 4.67. The molecule has 0 atom stereocenters. The van der Waals surface area contributed by atoms with Crippen LogP contribution in [0.5, 0.6) is 0 Å². The predicted octanol–water partition coefficient (Wildman–Crippen LogP) is 3.38. The van der Waals surface area contributed by atoms with Gasteiger partial charge in [-0.15, -0.1) is 0 Å². The second-order valence-corrected chi connectivity index (χ2v) is 5.50. The Balaban J connectivity index is 1.96. The molecule has 0 spiro atoms. The van der Waals surface area contributed by atoms with E-state index in [9.17, 15) is 0 Å². The van der Waals surface area contributed by atoms with Crippen molar-refractivity contribution in [3.05, 3.63) is 34.3 Å². The van der Waals surface area contributed by atoms with Crippen LogP contribution in [-0.2, 0) is 6.42 Å². The van der Waals surface area contributed by atoms with Crippen LogP contribution < -0.4 is 5.32 Å². The van der Waals surface area contributed by atoms with Gasteiger partial charge in [0.15, 0.2) is 0 Å². The van der Waals surface area contributed by atoms with Crippen LogP contribution in [0.3, 0.4) is 0 Å². The summed E-state index contributed by atoms with van der Waals surface area (Å²) in [5, 5.41) is 3.47. The minimum Gasteiger partial charge on any atom is -0.316 e. The summed E-state index contributed by atoms with van der Waals surface area (Å²) in [6.45, 7) is 4.44. The molecule has 15 heavy (non-hydrogen) atoms. The van der Waals surface area contributed by atoms with E-state index in [-0.39, 0.29) is 0 Å². The molecule has 82 valence electrons. The van der Waals surface area contributed by atoms with Crippen molar-refractivity contribution >= 4 is 15.9 Å². The Kier molecular flexibility index (Phi) is 3.47. The first-order valence-corrected chi connectivity index (χ1v) is 6.49. The zero-order valence-electron chi connectivity index (χ0n) is 9.22. The van der Waals surface area contributed by atoms with Crippen LogP contribution in [0.1, 0.15) is 25.3 Å². The van der Waals surface area contributed by atoms with Gasteiger partial charge in [-0.25, -0.2) is 0 Å². The lowest BCUT2D eigenvalue weighted by atomic mass is 9.96. The quantitative estimate of drug-likeness (QED) is 0.863. The average molecular weight is 268 g/mol. The molecule has 0 saturated heterocycles. The van der Waals surface area contributed by atoms with E-state index < -0.39 is 0 Å². The van der Waals surface area contributed by atoms with Gasteiger partial charge in [0.25, 0.3) is 0 Å². The first-order valence-electron chi connectivity index (χ1n) is 5.69. The van der Waals surface area contributed by atoms with Crippen molar-refractivity contribution in [3.8, 4) is 0 Å². The molecule has 1 nitrogen and oxygen atoms in total. The summed E-state index contributed by atoms with van der Waals surface area (Å²) in [6.07, 6.45) is 3.98. The fourth-order valence-corrected chi connectivity index (χ4v) is 2.51. The molecule has 1 aromatic rings. The lowest BCUT2D eigenvalue weighted by Crippen LogP contribution is -2.25. The molecule has 1 fully saturated rings. The minimum absolute atomic E-state index is 0.566. The summed E-state index contributed by atoms with van der Waals surface area (Å²) in [4.78, 5) is 0. The van der Waals surface area contributed by atoms with E-state index in [4.69, 9.17) is 0 Å². The normalized spacial score (nSPS) is 17.7. The van der Waals surface area contributed by atoms with E-state index in [1.807, 2.05) is 0 Å². The van der Waals surface area contributed by atoms with Gasteiger partial charge in [0.2, 0.25) is 0 Å². The lowest BCUT2D eigenvalue weighted by Gasteiger charge is -2.15. The summed E-state index contributed by atoms with van der Waals surface area (Å²) in [5.74, 6) is 0. The van der Waals surface area contributed by atoms with Crippen molar-refractivity contribution in [1.29, 1.82) is 0 Å². The van der Waals surface area contributed by atoms with Gasteiger partial charge in [-0.3, -0.25) is 0 Å². The van der Waals surface area contributed by atoms with E-state index in [0.29, 0.717) is 5.41 Å². The molecule has 0 amide bonds. The number of halogens is 1. The predicted molar refractivity (Wildman–Crippen MR) is 68.1 cm³/mol. The highest BCUT2D eigenvalue weighted by Gasteiger charge is 2.41. The van der Waals surface area contributed by atoms with Gasteiger partial charge in [-0.2, -0.15) is 0 Å². The van der Waals surface area contributed by atoms with Crippen molar-refractivity contribution in [2.75, 3.05) is 13.1 Å². The summed E-state index contributed by atoms with van der Waals surface area (Å²) in [6, 6.07) is 8.69. The molecule has 1 aliphatic carbocycles. The molecule has 2 rings (SSSR count). The van der Waals surface area contributed by atoms with Gasteiger partial charge in [-0.1, -0.05) is 35.0 Å². The van der Waals surface area contributed by atoms with Gasteiger partial charge in [-0.05, 0) is 48.9 Å². The van der Waals surface area contributed by atoms with Crippen LogP contribution >= 0.6 is 15.9 Å². The molecule has 0 unspecified atom stereocenters. The van der Waals surface area contributed by atoms with Gasteiger partial charge < -0.3 is 5.32 Å². The monoisotopic (exact) mass is 267 g/mol. The molecule has 0 aromatic heterocycles. The number of benzene rings is 1. The smallest absolute Gasteiger partial charge is 0.0177 e. The van der Waals surface area contributed by atoms with Crippen LogP contribution in [0.4, 0.5) is 0 Å². The zero-order valence-corrected chi connectivity index (χ0v) is 10.8. The largest absolute Gasteiger partial charge is 0.316 e. The van der Waals surface area contributed by atoms with Gasteiger partial charge in [0.05, 0.1) is 0 Å². The third-order valence-electron chi connectivity index (χ3n) is 3.18. The topological polar surface area (TPSA) is 12.0 Å². The van der Waals surface area contributed by atoms with E-state index in [1.54, 1.807) is 0 Å². The van der Waals surface area contributed by atoms with Crippen molar-refractivity contribution < 1.29 is 0 Å². The third kappa shape index (κ3) is 3.05. The Labute approximate surface area is 100 Å². The summed E-state index contributed by atoms with van der Waals surface area (Å²) in [5.41, 5.74) is 2.02. The van der Waals surface area contributed by atoms with E-state index in [2.05, 4.69) is 52.4 Å². The third-order valence-corrected chi connectivity index (χ3v) is 3.67. The first-order chi connectivity index (χ1) is 7.24. The molecule has 1 aliphatic rings. The summed E-state index contributed by atoms with van der Waals surface area (Å²) in [7, 11) is 0. The first kappa shape index (κ1) is 11.2. The van der Waals surface area contributed by atoms with Crippen LogP contribution in [-0.4, -0.2) is 13.1 Å². The highest BCUT2D eigenvalue weighted by Crippen LogP contribution is 2.47. The lowest BCUT2D eigenvalue weighted by molar-refractivity contribution is 0.463. The SMILES string of the molecule is CCNCC1(Cc2cccc(Br)c2)CC1. The zero-order chi connectivity index (χ0) is 10.7. The molecule has 1 aromatic carbocycles. The van der Waals surface area contributed by atoms with E-state index in [1.165, 1.54) is 35.8 Å². The highest BCUT2D eigenvalue weighted by molar-refractivity contribution is 9.10. The molecular weight excluding hydrogens is 250 g/mol. The number of rotatable bonds is 5. The van der Waals surface area contributed by atoms with Crippen molar-refractivity contribution in [3.63, 3.8) is 0 Å². The van der Waals surface area contributed by atoms with Crippen molar-refractivity contribution in [2.24, 2.45) is 5.41 Å². The van der Waals surface area contributed by atoms with Crippen LogP contribution in [0, 0.1) is 5.41 Å². The molecule has 1 saturated carbocycles. The number of nitrogens with one attached hydrogen (secondary N) is 1. The number of hydrogen-bond donors (Lipinski definition) is 1. The Morgan fingerprint density at radius 3 is 2.80 bits per heavy atom. The Bertz CT molecular complexity index is 331. The number of hydrogen-bond acceptors (Lipinski definition) is 1. The summed E-state index contributed by atoms with van der Waals surface area (Å²) < 4.78 is 1.19. The fourth-order valence-electron chi connectivity index (χ4n) is 2.06. The Hall–Kier alpha value is -0.340.